The molecule has 0 spiro atoms. The molecule has 1 N–H and O–H groups in total. The van der Waals surface area contributed by atoms with Gasteiger partial charge in [-0.25, -0.2) is 4.98 Å². The van der Waals surface area contributed by atoms with Gasteiger partial charge in [0.05, 0.1) is 11.8 Å². The summed E-state index contributed by atoms with van der Waals surface area (Å²) >= 11 is 7.60. The first-order chi connectivity index (χ1) is 9.63. The van der Waals surface area contributed by atoms with Crippen LogP contribution in [0.1, 0.15) is 35.1 Å². The number of aliphatic hydroxyl groups is 1. The Bertz CT molecular complexity index is 596. The van der Waals surface area contributed by atoms with Crippen LogP contribution in [0.15, 0.2) is 24.3 Å². The third-order valence-corrected chi connectivity index (χ3v) is 5.07. The minimum Gasteiger partial charge on any atom is -0.387 e. The molecular weight excluding hydrogens is 292 g/mol. The number of aromatic nitrogens is 1. The molecule has 1 unspecified atom stereocenters. The summed E-state index contributed by atoms with van der Waals surface area (Å²) < 4.78 is 0. The molecule has 20 heavy (non-hydrogen) atoms. The molecule has 0 bridgehead atoms. The summed E-state index contributed by atoms with van der Waals surface area (Å²) in [7, 11) is 2.03. The number of fused-ring (bicyclic) bond motifs is 1. The van der Waals surface area contributed by atoms with Crippen LogP contribution in [-0.4, -0.2) is 17.1 Å². The second-order valence-corrected chi connectivity index (χ2v) is 6.69. The van der Waals surface area contributed by atoms with Gasteiger partial charge >= 0.3 is 0 Å². The fraction of sp³-hybridized carbons (Fsp3) is 0.400. The van der Waals surface area contributed by atoms with E-state index >= 15 is 0 Å². The number of rotatable bonds is 3. The Labute approximate surface area is 127 Å². The topological polar surface area (TPSA) is 36.4 Å². The van der Waals surface area contributed by atoms with Crippen LogP contribution < -0.4 is 4.90 Å². The molecule has 1 aliphatic carbocycles. The summed E-state index contributed by atoms with van der Waals surface area (Å²) in [5.41, 5.74) is 2.09. The maximum atomic E-state index is 9.99. The van der Waals surface area contributed by atoms with Gasteiger partial charge in [-0.3, -0.25) is 0 Å². The first-order valence-electron chi connectivity index (χ1n) is 6.77. The van der Waals surface area contributed by atoms with Crippen molar-refractivity contribution in [1.29, 1.82) is 0 Å². The van der Waals surface area contributed by atoms with E-state index in [-0.39, 0.29) is 6.10 Å². The fourth-order valence-electron chi connectivity index (χ4n) is 2.48. The first kappa shape index (κ1) is 13.9. The summed E-state index contributed by atoms with van der Waals surface area (Å²) in [5, 5.41) is 11.7. The summed E-state index contributed by atoms with van der Waals surface area (Å²) in [6, 6.07) is 7.87. The zero-order valence-electron chi connectivity index (χ0n) is 11.3. The third-order valence-electron chi connectivity index (χ3n) is 3.57. The number of hydrogen-bond donors (Lipinski definition) is 1. The molecule has 0 saturated carbocycles. The highest BCUT2D eigenvalue weighted by atomic mass is 35.5. The van der Waals surface area contributed by atoms with E-state index in [0.29, 0.717) is 0 Å². The van der Waals surface area contributed by atoms with Crippen molar-refractivity contribution in [3.05, 3.63) is 45.4 Å². The average molecular weight is 309 g/mol. The van der Waals surface area contributed by atoms with Gasteiger partial charge in [-0.1, -0.05) is 23.7 Å². The van der Waals surface area contributed by atoms with Gasteiger partial charge in [-0.15, -0.1) is 11.3 Å². The van der Waals surface area contributed by atoms with Crippen molar-refractivity contribution < 1.29 is 5.11 Å². The molecule has 0 fully saturated rings. The molecule has 3 nitrogen and oxygen atoms in total. The Morgan fingerprint density at radius 1 is 1.40 bits per heavy atom. The van der Waals surface area contributed by atoms with E-state index in [9.17, 15) is 5.11 Å². The molecule has 0 amide bonds. The molecule has 2 aromatic rings. The predicted molar refractivity (Wildman–Crippen MR) is 83.6 cm³/mol. The SMILES string of the molecule is CN(Cc1ccc(Cl)cc1)c1nc2c(s1)CCCC2O. The summed E-state index contributed by atoms with van der Waals surface area (Å²) in [4.78, 5) is 7.98. The van der Waals surface area contributed by atoms with E-state index in [1.54, 1.807) is 11.3 Å². The largest absolute Gasteiger partial charge is 0.387 e. The van der Waals surface area contributed by atoms with Crippen molar-refractivity contribution in [2.45, 2.75) is 31.9 Å². The van der Waals surface area contributed by atoms with E-state index in [1.807, 2.05) is 31.3 Å². The lowest BCUT2D eigenvalue weighted by Crippen LogP contribution is -2.16. The van der Waals surface area contributed by atoms with Crippen molar-refractivity contribution in [2.24, 2.45) is 0 Å². The molecule has 1 aliphatic rings. The smallest absolute Gasteiger partial charge is 0.185 e. The van der Waals surface area contributed by atoms with E-state index in [0.717, 1.165) is 41.7 Å². The normalized spacial score (nSPS) is 17.9. The van der Waals surface area contributed by atoms with Crippen molar-refractivity contribution in [3.8, 4) is 0 Å². The Balaban J connectivity index is 1.77. The van der Waals surface area contributed by atoms with Gasteiger partial charge in [0.25, 0.3) is 0 Å². The maximum Gasteiger partial charge on any atom is 0.185 e. The lowest BCUT2D eigenvalue weighted by molar-refractivity contribution is 0.153. The van der Waals surface area contributed by atoms with Crippen LogP contribution in [-0.2, 0) is 13.0 Å². The Morgan fingerprint density at radius 3 is 2.85 bits per heavy atom. The molecule has 0 aliphatic heterocycles. The molecule has 1 aromatic heterocycles. The van der Waals surface area contributed by atoms with E-state index in [2.05, 4.69) is 9.88 Å². The number of nitrogens with zero attached hydrogens (tertiary/aromatic N) is 2. The van der Waals surface area contributed by atoms with Crippen LogP contribution in [0.2, 0.25) is 5.02 Å². The molecule has 0 saturated heterocycles. The van der Waals surface area contributed by atoms with E-state index < -0.39 is 0 Å². The minimum absolute atomic E-state index is 0.382. The molecule has 1 atom stereocenters. The van der Waals surface area contributed by atoms with Gasteiger partial charge in [-0.05, 0) is 37.0 Å². The molecule has 5 heteroatoms. The number of aryl methyl sites for hydroxylation is 1. The number of anilines is 1. The zero-order chi connectivity index (χ0) is 14.1. The number of halogens is 1. The second-order valence-electron chi connectivity index (χ2n) is 5.20. The summed E-state index contributed by atoms with van der Waals surface area (Å²) in [6.07, 6.45) is 2.54. The van der Waals surface area contributed by atoms with Crippen molar-refractivity contribution in [3.63, 3.8) is 0 Å². The lowest BCUT2D eigenvalue weighted by atomic mass is 10.0. The van der Waals surface area contributed by atoms with Gasteiger partial charge in [0.15, 0.2) is 5.13 Å². The predicted octanol–water partition coefficient (Wildman–Crippen LogP) is 3.80. The second kappa shape index (κ2) is 5.72. The summed E-state index contributed by atoms with van der Waals surface area (Å²) in [6.45, 7) is 0.791. The monoisotopic (exact) mass is 308 g/mol. The molecule has 1 aromatic carbocycles. The Hall–Kier alpha value is -1.10. The van der Waals surface area contributed by atoms with Gasteiger partial charge in [0, 0.05) is 23.5 Å². The highest BCUT2D eigenvalue weighted by Crippen LogP contribution is 2.36. The van der Waals surface area contributed by atoms with Crippen molar-refractivity contribution in [1.82, 2.24) is 4.98 Å². The van der Waals surface area contributed by atoms with Crippen LogP contribution in [0.5, 0.6) is 0 Å². The molecule has 1 heterocycles. The third kappa shape index (κ3) is 2.82. The maximum absolute atomic E-state index is 9.99. The van der Waals surface area contributed by atoms with Gasteiger partial charge < -0.3 is 10.0 Å². The highest BCUT2D eigenvalue weighted by Gasteiger charge is 2.23. The summed E-state index contributed by atoms with van der Waals surface area (Å²) in [5.74, 6) is 0. The number of aliphatic hydroxyl groups excluding tert-OH is 1. The average Bonchev–Trinajstić information content (AvgIpc) is 2.87. The van der Waals surface area contributed by atoms with Crippen LogP contribution >= 0.6 is 22.9 Å². The van der Waals surface area contributed by atoms with E-state index in [4.69, 9.17) is 11.6 Å². The van der Waals surface area contributed by atoms with Crippen LogP contribution in [0.4, 0.5) is 5.13 Å². The fourth-order valence-corrected chi connectivity index (χ4v) is 3.72. The molecule has 106 valence electrons. The minimum atomic E-state index is -0.382. The van der Waals surface area contributed by atoms with Gasteiger partial charge in [0.1, 0.15) is 0 Å². The Kier molecular flexibility index (Phi) is 3.96. The highest BCUT2D eigenvalue weighted by molar-refractivity contribution is 7.15. The van der Waals surface area contributed by atoms with Gasteiger partial charge in [-0.2, -0.15) is 0 Å². The number of benzene rings is 1. The molecule has 0 radical (unpaired) electrons. The molecule has 3 rings (SSSR count). The lowest BCUT2D eigenvalue weighted by Gasteiger charge is -2.16. The van der Waals surface area contributed by atoms with Crippen molar-refractivity contribution >= 4 is 28.1 Å². The Morgan fingerprint density at radius 2 is 2.15 bits per heavy atom. The van der Waals surface area contributed by atoms with E-state index in [1.165, 1.54) is 10.4 Å². The quantitative estimate of drug-likeness (QED) is 0.937. The van der Waals surface area contributed by atoms with Crippen LogP contribution in [0, 0.1) is 0 Å². The number of thiazole rings is 1. The first-order valence-corrected chi connectivity index (χ1v) is 7.96. The van der Waals surface area contributed by atoms with Crippen LogP contribution in [0.3, 0.4) is 0 Å². The van der Waals surface area contributed by atoms with Crippen LogP contribution in [0.25, 0.3) is 0 Å². The molecular formula is C15H17ClN2OS. The van der Waals surface area contributed by atoms with Crippen molar-refractivity contribution in [2.75, 3.05) is 11.9 Å². The zero-order valence-corrected chi connectivity index (χ0v) is 12.9. The standard InChI is InChI=1S/C15H17ClN2OS/c1-18(9-10-5-7-11(16)8-6-10)15-17-14-12(19)3-2-4-13(14)20-15/h5-8,12,19H,2-4,9H2,1H3. The number of hydrogen-bond acceptors (Lipinski definition) is 4. The van der Waals surface area contributed by atoms with Gasteiger partial charge in [0.2, 0.25) is 0 Å².